The van der Waals surface area contributed by atoms with Crippen LogP contribution in [0.1, 0.15) is 29.3 Å². The Morgan fingerprint density at radius 3 is 2.65 bits per heavy atom. The molecule has 1 aromatic carbocycles. The summed E-state index contributed by atoms with van der Waals surface area (Å²) in [5, 5.41) is 2.30. The lowest BCUT2D eigenvalue weighted by atomic mass is 10.1. The van der Waals surface area contributed by atoms with Crippen molar-refractivity contribution in [2.75, 3.05) is 6.54 Å². The van der Waals surface area contributed by atoms with Crippen molar-refractivity contribution in [3.8, 4) is 0 Å². The Labute approximate surface area is 119 Å². The summed E-state index contributed by atoms with van der Waals surface area (Å²) in [5.41, 5.74) is -1.02. The third-order valence-electron chi connectivity index (χ3n) is 2.27. The highest BCUT2D eigenvalue weighted by Gasteiger charge is 2.30. The van der Waals surface area contributed by atoms with Gasteiger partial charge in [-0.2, -0.15) is 13.2 Å². The van der Waals surface area contributed by atoms with E-state index >= 15 is 0 Å². The monoisotopic (exact) mass is 307 g/mol. The number of halogens is 4. The standard InChI is InChI=1S/C12H13ClF3N3O/c1-2-6-17-11(19-13)18-10(20)8-4-3-5-9(7-8)12(14,15)16/h3-5,7H,2,6H2,1H3,(H2,17,18,19,20). The van der Waals surface area contributed by atoms with Crippen LogP contribution in [0.25, 0.3) is 0 Å². The van der Waals surface area contributed by atoms with Gasteiger partial charge in [0, 0.05) is 23.9 Å². The van der Waals surface area contributed by atoms with Gasteiger partial charge in [0.25, 0.3) is 5.91 Å². The molecular weight excluding hydrogens is 295 g/mol. The molecule has 2 N–H and O–H groups in total. The fraction of sp³-hybridized carbons (Fsp3) is 0.333. The normalized spacial score (nSPS) is 12.2. The molecule has 0 bridgehead atoms. The first-order chi connectivity index (χ1) is 9.38. The van der Waals surface area contributed by atoms with E-state index in [4.69, 9.17) is 11.8 Å². The zero-order valence-electron chi connectivity index (χ0n) is 10.6. The van der Waals surface area contributed by atoms with Gasteiger partial charge in [-0.15, -0.1) is 0 Å². The van der Waals surface area contributed by atoms with E-state index in [-0.39, 0.29) is 11.5 Å². The quantitative estimate of drug-likeness (QED) is 0.512. The molecule has 110 valence electrons. The molecule has 0 aliphatic carbocycles. The Kier molecular flexibility index (Phi) is 5.82. The molecule has 0 aromatic heterocycles. The molecule has 1 amide bonds. The SMILES string of the molecule is CCCN=C(NCl)NC(=O)c1cccc(C(F)(F)F)c1. The van der Waals surface area contributed by atoms with Gasteiger partial charge in [-0.25, -0.2) is 0 Å². The first kappa shape index (κ1) is 16.3. The maximum atomic E-state index is 12.5. The molecule has 0 unspecified atom stereocenters. The highest BCUT2D eigenvalue weighted by Crippen LogP contribution is 2.29. The van der Waals surface area contributed by atoms with Gasteiger partial charge in [-0.3, -0.25) is 19.9 Å². The Morgan fingerprint density at radius 2 is 2.10 bits per heavy atom. The van der Waals surface area contributed by atoms with E-state index in [1.54, 1.807) is 0 Å². The van der Waals surface area contributed by atoms with Crippen molar-refractivity contribution in [3.05, 3.63) is 35.4 Å². The maximum absolute atomic E-state index is 12.5. The number of carbonyl (C=O) groups is 1. The topological polar surface area (TPSA) is 53.5 Å². The lowest BCUT2D eigenvalue weighted by Crippen LogP contribution is -2.37. The second-order valence-electron chi connectivity index (χ2n) is 3.86. The fourth-order valence-electron chi connectivity index (χ4n) is 1.33. The molecule has 0 aliphatic rings. The molecule has 0 fully saturated rings. The smallest absolute Gasteiger partial charge is 0.292 e. The predicted octanol–water partition coefficient (Wildman–Crippen LogP) is 2.94. The molecular formula is C12H13ClF3N3O. The molecule has 0 saturated carbocycles. The minimum atomic E-state index is -4.50. The predicted molar refractivity (Wildman–Crippen MR) is 70.5 cm³/mol. The van der Waals surface area contributed by atoms with Gasteiger partial charge < -0.3 is 0 Å². The molecule has 0 radical (unpaired) electrons. The number of carbonyl (C=O) groups excluding carboxylic acids is 1. The van der Waals surface area contributed by atoms with E-state index < -0.39 is 17.6 Å². The highest BCUT2D eigenvalue weighted by atomic mass is 35.5. The van der Waals surface area contributed by atoms with Crippen molar-refractivity contribution in [1.82, 2.24) is 10.2 Å². The molecule has 0 heterocycles. The van der Waals surface area contributed by atoms with Crippen molar-refractivity contribution >= 4 is 23.6 Å². The van der Waals surface area contributed by atoms with Gasteiger partial charge in [-0.05, 0) is 24.6 Å². The number of alkyl halides is 3. The number of nitrogens with one attached hydrogen (secondary N) is 2. The number of aliphatic imine (C=N–C) groups is 1. The van der Waals surface area contributed by atoms with Crippen molar-refractivity contribution in [2.45, 2.75) is 19.5 Å². The fourth-order valence-corrected chi connectivity index (χ4v) is 1.44. The van der Waals surface area contributed by atoms with Gasteiger partial charge in [0.2, 0.25) is 5.96 Å². The first-order valence-electron chi connectivity index (χ1n) is 5.78. The third kappa shape index (κ3) is 4.73. The third-order valence-corrected chi connectivity index (χ3v) is 2.45. The van der Waals surface area contributed by atoms with Crippen LogP contribution in [-0.4, -0.2) is 18.4 Å². The molecule has 4 nitrogen and oxygen atoms in total. The van der Waals surface area contributed by atoms with Gasteiger partial charge >= 0.3 is 6.18 Å². The van der Waals surface area contributed by atoms with Crippen LogP contribution in [0.2, 0.25) is 0 Å². The number of hydrogen-bond donors (Lipinski definition) is 2. The van der Waals surface area contributed by atoms with Crippen LogP contribution in [-0.2, 0) is 6.18 Å². The van der Waals surface area contributed by atoms with Crippen LogP contribution < -0.4 is 10.2 Å². The van der Waals surface area contributed by atoms with E-state index in [0.29, 0.717) is 6.54 Å². The van der Waals surface area contributed by atoms with Crippen LogP contribution in [0.15, 0.2) is 29.3 Å². The number of rotatable bonds is 3. The van der Waals surface area contributed by atoms with E-state index in [1.807, 2.05) is 6.92 Å². The van der Waals surface area contributed by atoms with Crippen molar-refractivity contribution in [2.24, 2.45) is 4.99 Å². The zero-order valence-corrected chi connectivity index (χ0v) is 11.3. The molecule has 1 aromatic rings. The lowest BCUT2D eigenvalue weighted by molar-refractivity contribution is -0.137. The summed E-state index contributed by atoms with van der Waals surface area (Å²) in [4.78, 5) is 17.9. The summed E-state index contributed by atoms with van der Waals surface area (Å²) in [7, 11) is 0. The Morgan fingerprint density at radius 1 is 1.40 bits per heavy atom. The van der Waals surface area contributed by atoms with E-state index in [0.717, 1.165) is 24.6 Å². The minimum absolute atomic E-state index is 0.00377. The second-order valence-corrected chi connectivity index (χ2v) is 4.05. The van der Waals surface area contributed by atoms with Crippen LogP contribution in [0.5, 0.6) is 0 Å². The summed E-state index contributed by atoms with van der Waals surface area (Å²) >= 11 is 5.36. The molecule has 0 spiro atoms. The number of hydrogen-bond acceptors (Lipinski definition) is 2. The van der Waals surface area contributed by atoms with Crippen molar-refractivity contribution in [3.63, 3.8) is 0 Å². The average Bonchev–Trinajstić information content (AvgIpc) is 2.42. The molecule has 0 aliphatic heterocycles. The van der Waals surface area contributed by atoms with Gasteiger partial charge in [0.15, 0.2) is 0 Å². The largest absolute Gasteiger partial charge is 0.416 e. The number of nitrogens with zero attached hydrogens (tertiary/aromatic N) is 1. The highest BCUT2D eigenvalue weighted by molar-refractivity contribution is 6.24. The van der Waals surface area contributed by atoms with Gasteiger partial charge in [-0.1, -0.05) is 13.0 Å². The maximum Gasteiger partial charge on any atom is 0.416 e. The van der Waals surface area contributed by atoms with Crippen molar-refractivity contribution in [1.29, 1.82) is 0 Å². The van der Waals surface area contributed by atoms with Crippen LogP contribution in [0.4, 0.5) is 13.2 Å². The Balaban J connectivity index is 2.87. The van der Waals surface area contributed by atoms with E-state index in [1.165, 1.54) is 6.07 Å². The van der Waals surface area contributed by atoms with E-state index in [9.17, 15) is 18.0 Å². The number of guanidine groups is 1. The molecule has 1 rings (SSSR count). The molecule has 20 heavy (non-hydrogen) atoms. The average molecular weight is 308 g/mol. The summed E-state index contributed by atoms with van der Waals surface area (Å²) in [6, 6.07) is 4.09. The van der Waals surface area contributed by atoms with Crippen LogP contribution in [0.3, 0.4) is 0 Å². The summed E-state index contributed by atoms with van der Waals surface area (Å²) < 4.78 is 37.6. The second kappa shape index (κ2) is 7.14. The summed E-state index contributed by atoms with van der Waals surface area (Å²) in [5.74, 6) is -0.727. The van der Waals surface area contributed by atoms with Crippen LogP contribution >= 0.6 is 11.8 Å². The van der Waals surface area contributed by atoms with Gasteiger partial charge in [0.1, 0.15) is 0 Å². The Hall–Kier alpha value is -1.76. The summed E-state index contributed by atoms with van der Waals surface area (Å²) in [6.45, 7) is 2.31. The molecule has 8 heteroatoms. The van der Waals surface area contributed by atoms with Gasteiger partial charge in [0.05, 0.1) is 5.56 Å². The zero-order chi connectivity index (χ0) is 15.2. The van der Waals surface area contributed by atoms with Crippen LogP contribution in [0, 0.1) is 0 Å². The molecule has 0 saturated heterocycles. The number of amides is 1. The summed E-state index contributed by atoms with van der Waals surface area (Å²) in [6.07, 6.45) is -3.76. The Bertz CT molecular complexity index is 503. The van der Waals surface area contributed by atoms with E-state index in [2.05, 4.69) is 15.1 Å². The number of benzene rings is 1. The lowest BCUT2D eigenvalue weighted by Gasteiger charge is -2.09. The van der Waals surface area contributed by atoms with Crippen molar-refractivity contribution < 1.29 is 18.0 Å². The minimum Gasteiger partial charge on any atom is -0.292 e. The first-order valence-corrected chi connectivity index (χ1v) is 6.16. The molecule has 0 atom stereocenters.